The van der Waals surface area contributed by atoms with E-state index >= 15 is 0 Å². The molecular formula is C15H18BrNO. The second-order valence-corrected chi connectivity index (χ2v) is 5.09. The largest absolute Gasteiger partial charge is 0.457 e. The van der Waals surface area contributed by atoms with Crippen molar-refractivity contribution < 1.29 is 4.42 Å². The van der Waals surface area contributed by atoms with E-state index in [0.717, 1.165) is 23.9 Å². The first-order valence-corrected chi connectivity index (χ1v) is 7.04. The van der Waals surface area contributed by atoms with Crippen LogP contribution < -0.4 is 5.32 Å². The van der Waals surface area contributed by atoms with Gasteiger partial charge in [0.05, 0.1) is 6.26 Å². The molecule has 0 aliphatic carbocycles. The summed E-state index contributed by atoms with van der Waals surface area (Å²) in [7, 11) is 1.99. The minimum absolute atomic E-state index is 0.349. The Kier molecular flexibility index (Phi) is 5.02. The fourth-order valence-corrected chi connectivity index (χ4v) is 2.68. The lowest BCUT2D eigenvalue weighted by atomic mass is 10.0. The summed E-state index contributed by atoms with van der Waals surface area (Å²) in [6.45, 7) is 0. The normalized spacial score (nSPS) is 12.6. The molecule has 18 heavy (non-hydrogen) atoms. The van der Waals surface area contributed by atoms with E-state index in [4.69, 9.17) is 4.42 Å². The van der Waals surface area contributed by atoms with Gasteiger partial charge in [-0.15, -0.1) is 0 Å². The van der Waals surface area contributed by atoms with Gasteiger partial charge < -0.3 is 9.73 Å². The summed E-state index contributed by atoms with van der Waals surface area (Å²) < 4.78 is 6.12. The second-order valence-electron chi connectivity index (χ2n) is 4.37. The van der Waals surface area contributed by atoms with E-state index in [0.29, 0.717) is 6.04 Å². The zero-order valence-electron chi connectivity index (χ0n) is 10.5. The first kappa shape index (κ1) is 13.4. The fraction of sp³-hybridized carbons (Fsp3) is 0.333. The van der Waals surface area contributed by atoms with Crippen LogP contribution in [-0.4, -0.2) is 7.05 Å². The van der Waals surface area contributed by atoms with Crippen molar-refractivity contribution in [3.05, 3.63) is 58.5 Å². The maximum Gasteiger partial charge on any atom is 0.173 e. The minimum Gasteiger partial charge on any atom is -0.457 e. The van der Waals surface area contributed by atoms with Gasteiger partial charge in [-0.25, -0.2) is 0 Å². The molecule has 3 heteroatoms. The molecule has 0 bridgehead atoms. The maximum atomic E-state index is 5.29. The van der Waals surface area contributed by atoms with Crippen LogP contribution in [0.4, 0.5) is 0 Å². The number of furan rings is 1. The van der Waals surface area contributed by atoms with Gasteiger partial charge in [-0.3, -0.25) is 0 Å². The Morgan fingerprint density at radius 1 is 1.22 bits per heavy atom. The van der Waals surface area contributed by atoms with Crippen LogP contribution in [0, 0.1) is 0 Å². The van der Waals surface area contributed by atoms with Gasteiger partial charge in [-0.05, 0) is 53.9 Å². The molecule has 0 aliphatic rings. The van der Waals surface area contributed by atoms with E-state index in [9.17, 15) is 0 Å². The monoisotopic (exact) mass is 307 g/mol. The highest BCUT2D eigenvalue weighted by Gasteiger charge is 2.14. The van der Waals surface area contributed by atoms with Crippen molar-refractivity contribution in [2.75, 3.05) is 7.05 Å². The Labute approximate surface area is 117 Å². The van der Waals surface area contributed by atoms with Crippen molar-refractivity contribution in [1.82, 2.24) is 5.32 Å². The molecule has 1 heterocycles. The first-order chi connectivity index (χ1) is 8.81. The number of hydrogen-bond acceptors (Lipinski definition) is 2. The number of aryl methyl sites for hydroxylation is 1. The molecule has 0 aliphatic heterocycles. The summed E-state index contributed by atoms with van der Waals surface area (Å²) in [5, 5.41) is 3.34. The summed E-state index contributed by atoms with van der Waals surface area (Å²) in [6, 6.07) is 13.0. The highest BCUT2D eigenvalue weighted by molar-refractivity contribution is 9.10. The summed E-state index contributed by atoms with van der Waals surface area (Å²) >= 11 is 3.44. The van der Waals surface area contributed by atoms with Crippen molar-refractivity contribution in [1.29, 1.82) is 0 Å². The molecule has 1 unspecified atom stereocenters. The van der Waals surface area contributed by atoms with Crippen molar-refractivity contribution in [3.8, 4) is 0 Å². The van der Waals surface area contributed by atoms with Gasteiger partial charge in [0.15, 0.2) is 4.67 Å². The van der Waals surface area contributed by atoms with E-state index < -0.39 is 0 Å². The van der Waals surface area contributed by atoms with Crippen molar-refractivity contribution >= 4 is 15.9 Å². The van der Waals surface area contributed by atoms with Gasteiger partial charge in [0.1, 0.15) is 0 Å². The maximum absolute atomic E-state index is 5.29. The van der Waals surface area contributed by atoms with E-state index in [-0.39, 0.29) is 0 Å². The van der Waals surface area contributed by atoms with Gasteiger partial charge >= 0.3 is 0 Å². The Bertz CT molecular complexity index is 466. The van der Waals surface area contributed by atoms with E-state index in [1.807, 2.05) is 13.1 Å². The van der Waals surface area contributed by atoms with E-state index in [1.54, 1.807) is 6.26 Å². The van der Waals surface area contributed by atoms with Crippen LogP contribution in [0.2, 0.25) is 0 Å². The molecule has 0 fully saturated rings. The van der Waals surface area contributed by atoms with E-state index in [1.165, 1.54) is 11.1 Å². The van der Waals surface area contributed by atoms with Gasteiger partial charge in [0.2, 0.25) is 0 Å². The van der Waals surface area contributed by atoms with Crippen molar-refractivity contribution in [2.24, 2.45) is 0 Å². The van der Waals surface area contributed by atoms with Gasteiger partial charge in [0.25, 0.3) is 0 Å². The highest BCUT2D eigenvalue weighted by atomic mass is 79.9. The summed E-state index contributed by atoms with van der Waals surface area (Å²) in [6.07, 6.45) is 5.10. The van der Waals surface area contributed by atoms with Crippen molar-refractivity contribution in [3.63, 3.8) is 0 Å². The molecule has 2 aromatic rings. The fourth-order valence-electron chi connectivity index (χ4n) is 2.16. The van der Waals surface area contributed by atoms with E-state index in [2.05, 4.69) is 51.6 Å². The smallest absolute Gasteiger partial charge is 0.173 e. The molecular weight excluding hydrogens is 290 g/mol. The summed E-state index contributed by atoms with van der Waals surface area (Å²) in [5.41, 5.74) is 2.60. The number of rotatable bonds is 6. The lowest BCUT2D eigenvalue weighted by Crippen LogP contribution is -2.16. The number of hydrogen-bond donors (Lipinski definition) is 1. The molecule has 1 aromatic heterocycles. The molecule has 0 radical (unpaired) electrons. The molecule has 0 saturated heterocycles. The van der Waals surface area contributed by atoms with Crippen LogP contribution in [0.1, 0.15) is 30.0 Å². The third kappa shape index (κ3) is 3.47. The molecule has 96 valence electrons. The topological polar surface area (TPSA) is 25.2 Å². The predicted octanol–water partition coefficient (Wildman–Crippen LogP) is 4.33. The average Bonchev–Trinajstić information content (AvgIpc) is 2.82. The standard InChI is InChI=1S/C15H18BrNO/c1-17-14(13-10-11-18-15(13)16)9-5-8-12-6-3-2-4-7-12/h2-4,6-7,10-11,14,17H,5,8-9H2,1H3. The molecule has 2 rings (SSSR count). The van der Waals surface area contributed by atoms with Gasteiger partial charge in [-0.2, -0.15) is 0 Å². The Morgan fingerprint density at radius 3 is 2.61 bits per heavy atom. The lowest BCUT2D eigenvalue weighted by molar-refractivity contribution is 0.496. The average molecular weight is 308 g/mol. The zero-order valence-corrected chi connectivity index (χ0v) is 12.1. The Hall–Kier alpha value is -1.06. The third-order valence-electron chi connectivity index (χ3n) is 3.17. The van der Waals surface area contributed by atoms with Gasteiger partial charge in [0, 0.05) is 11.6 Å². The summed E-state index contributed by atoms with van der Waals surface area (Å²) in [5.74, 6) is 0. The minimum atomic E-state index is 0.349. The van der Waals surface area contributed by atoms with Crippen LogP contribution in [0.5, 0.6) is 0 Å². The molecule has 2 nitrogen and oxygen atoms in total. The number of halogens is 1. The van der Waals surface area contributed by atoms with Gasteiger partial charge in [-0.1, -0.05) is 30.3 Å². The second kappa shape index (κ2) is 6.76. The number of nitrogens with one attached hydrogen (secondary N) is 1. The number of benzene rings is 1. The Balaban J connectivity index is 1.87. The Morgan fingerprint density at radius 2 is 2.00 bits per heavy atom. The van der Waals surface area contributed by atoms with Crippen LogP contribution >= 0.6 is 15.9 Å². The summed E-state index contributed by atoms with van der Waals surface area (Å²) in [4.78, 5) is 0. The highest BCUT2D eigenvalue weighted by Crippen LogP contribution is 2.27. The SMILES string of the molecule is CNC(CCCc1ccccc1)c1ccoc1Br. The van der Waals surface area contributed by atoms with Crippen molar-refractivity contribution in [2.45, 2.75) is 25.3 Å². The predicted molar refractivity (Wildman–Crippen MR) is 77.6 cm³/mol. The molecule has 0 saturated carbocycles. The van der Waals surface area contributed by atoms with Crippen LogP contribution in [0.25, 0.3) is 0 Å². The molecule has 1 N–H and O–H groups in total. The molecule has 0 spiro atoms. The van der Waals surface area contributed by atoms with Crippen LogP contribution in [0.3, 0.4) is 0 Å². The van der Waals surface area contributed by atoms with Crippen LogP contribution in [-0.2, 0) is 6.42 Å². The first-order valence-electron chi connectivity index (χ1n) is 6.25. The zero-order chi connectivity index (χ0) is 12.8. The lowest BCUT2D eigenvalue weighted by Gasteiger charge is -2.14. The molecule has 1 aromatic carbocycles. The quantitative estimate of drug-likeness (QED) is 0.859. The van der Waals surface area contributed by atoms with Crippen LogP contribution in [0.15, 0.2) is 51.7 Å². The molecule has 1 atom stereocenters. The molecule has 0 amide bonds. The third-order valence-corrected chi connectivity index (χ3v) is 3.82.